The average Bonchev–Trinajstić information content (AvgIpc) is 3.42. The van der Waals surface area contributed by atoms with Crippen molar-refractivity contribution in [1.29, 1.82) is 0 Å². The van der Waals surface area contributed by atoms with E-state index in [0.29, 0.717) is 24.7 Å². The highest BCUT2D eigenvalue weighted by atomic mass is 16.5. The first-order valence-corrected chi connectivity index (χ1v) is 8.86. The Labute approximate surface area is 155 Å². The molecule has 2 saturated heterocycles. The molecule has 138 valence electrons. The topological polar surface area (TPSA) is 97.6 Å². The highest BCUT2D eigenvalue weighted by Gasteiger charge is 2.67. The average molecular weight is 366 g/mol. The number of carbonyl (C=O) groups is 2. The van der Waals surface area contributed by atoms with Gasteiger partial charge in [-0.1, -0.05) is 17.3 Å². The first-order valence-electron chi connectivity index (χ1n) is 8.86. The normalized spacial score (nSPS) is 30.8. The third-order valence-corrected chi connectivity index (χ3v) is 5.51. The lowest BCUT2D eigenvalue weighted by atomic mass is 9.77. The number of fused-ring (bicyclic) bond motifs is 1. The molecule has 5 rings (SSSR count). The van der Waals surface area contributed by atoms with Crippen LogP contribution in [-0.4, -0.2) is 40.2 Å². The minimum atomic E-state index is -0.771. The SMILES string of the molecule is Cc1cc(N2CC34C=C[C@@H](O3)C(C(=O)NCc3ccncc3)C4C2=O)no1. The number of rotatable bonds is 4. The lowest BCUT2D eigenvalue weighted by Crippen LogP contribution is -2.44. The summed E-state index contributed by atoms with van der Waals surface area (Å²) in [6.45, 7) is 2.49. The van der Waals surface area contributed by atoms with E-state index in [1.54, 1.807) is 30.3 Å². The molecule has 8 heteroatoms. The zero-order valence-electron chi connectivity index (χ0n) is 14.7. The number of pyridine rings is 1. The molecule has 5 heterocycles. The minimum Gasteiger partial charge on any atom is -0.360 e. The van der Waals surface area contributed by atoms with Crippen LogP contribution in [0.15, 0.2) is 47.3 Å². The quantitative estimate of drug-likeness (QED) is 0.810. The van der Waals surface area contributed by atoms with Gasteiger partial charge in [0.2, 0.25) is 11.8 Å². The third-order valence-electron chi connectivity index (χ3n) is 5.51. The molecule has 27 heavy (non-hydrogen) atoms. The van der Waals surface area contributed by atoms with Crippen molar-refractivity contribution in [1.82, 2.24) is 15.5 Å². The van der Waals surface area contributed by atoms with Crippen LogP contribution in [0.2, 0.25) is 0 Å². The Balaban J connectivity index is 1.38. The number of aryl methyl sites for hydroxylation is 1. The highest BCUT2D eigenvalue weighted by molar-refractivity contribution is 6.02. The Hall–Kier alpha value is -3.00. The Bertz CT molecular complexity index is 940. The molecule has 3 unspecified atom stereocenters. The lowest BCUT2D eigenvalue weighted by molar-refractivity contribution is -0.132. The molecule has 3 aliphatic rings. The fourth-order valence-corrected chi connectivity index (χ4v) is 4.28. The molecule has 0 aliphatic carbocycles. The van der Waals surface area contributed by atoms with E-state index in [-0.39, 0.29) is 17.9 Å². The number of ether oxygens (including phenoxy) is 1. The Morgan fingerprint density at radius 2 is 2.22 bits per heavy atom. The van der Waals surface area contributed by atoms with Gasteiger partial charge in [-0.2, -0.15) is 0 Å². The van der Waals surface area contributed by atoms with E-state index in [1.807, 2.05) is 24.3 Å². The van der Waals surface area contributed by atoms with Crippen LogP contribution in [0, 0.1) is 18.8 Å². The summed E-state index contributed by atoms with van der Waals surface area (Å²) in [4.78, 5) is 31.5. The van der Waals surface area contributed by atoms with E-state index in [0.717, 1.165) is 5.56 Å². The van der Waals surface area contributed by atoms with E-state index >= 15 is 0 Å². The van der Waals surface area contributed by atoms with Crippen molar-refractivity contribution in [2.24, 2.45) is 11.8 Å². The molecular weight excluding hydrogens is 348 g/mol. The second kappa shape index (κ2) is 5.75. The summed E-state index contributed by atoms with van der Waals surface area (Å²) >= 11 is 0. The number of amides is 2. The molecule has 4 atom stereocenters. The third kappa shape index (κ3) is 2.40. The van der Waals surface area contributed by atoms with Crippen molar-refractivity contribution in [3.63, 3.8) is 0 Å². The minimum absolute atomic E-state index is 0.154. The smallest absolute Gasteiger partial charge is 0.235 e. The monoisotopic (exact) mass is 366 g/mol. The molecule has 2 amide bonds. The van der Waals surface area contributed by atoms with Crippen LogP contribution in [0.4, 0.5) is 5.82 Å². The highest BCUT2D eigenvalue weighted by Crippen LogP contribution is 2.52. The van der Waals surface area contributed by atoms with Gasteiger partial charge in [-0.3, -0.25) is 19.5 Å². The summed E-state index contributed by atoms with van der Waals surface area (Å²) in [5, 5.41) is 6.87. The van der Waals surface area contributed by atoms with Crippen molar-refractivity contribution in [2.45, 2.75) is 25.2 Å². The van der Waals surface area contributed by atoms with Crippen LogP contribution in [-0.2, 0) is 20.9 Å². The molecule has 8 nitrogen and oxygen atoms in total. The molecule has 0 radical (unpaired) electrons. The fraction of sp³-hybridized carbons (Fsp3) is 0.368. The number of nitrogens with one attached hydrogen (secondary N) is 1. The van der Waals surface area contributed by atoms with Gasteiger partial charge in [-0.25, -0.2) is 0 Å². The molecular formula is C19H18N4O4. The predicted octanol–water partition coefficient (Wildman–Crippen LogP) is 0.981. The summed E-state index contributed by atoms with van der Waals surface area (Å²) in [6.07, 6.45) is 6.78. The maximum atomic E-state index is 13.1. The number of nitrogens with zero attached hydrogens (tertiary/aromatic N) is 3. The summed E-state index contributed by atoms with van der Waals surface area (Å²) in [5.41, 5.74) is 0.179. The van der Waals surface area contributed by atoms with E-state index < -0.39 is 17.4 Å². The number of aromatic nitrogens is 2. The molecule has 1 spiro atoms. The summed E-state index contributed by atoms with van der Waals surface area (Å²) in [6, 6.07) is 5.40. The van der Waals surface area contributed by atoms with Crippen LogP contribution < -0.4 is 10.2 Å². The van der Waals surface area contributed by atoms with Crippen LogP contribution in [0.3, 0.4) is 0 Å². The number of carbonyl (C=O) groups excluding carboxylic acids is 2. The van der Waals surface area contributed by atoms with Crippen molar-refractivity contribution < 1.29 is 18.8 Å². The summed E-state index contributed by atoms with van der Waals surface area (Å²) in [7, 11) is 0. The largest absolute Gasteiger partial charge is 0.360 e. The first kappa shape index (κ1) is 16.2. The maximum Gasteiger partial charge on any atom is 0.235 e. The summed E-state index contributed by atoms with van der Waals surface area (Å²) < 4.78 is 11.2. The number of hydrogen-bond acceptors (Lipinski definition) is 6. The molecule has 2 aromatic rings. The second-order valence-electron chi connectivity index (χ2n) is 7.19. The van der Waals surface area contributed by atoms with Gasteiger partial charge < -0.3 is 14.6 Å². The van der Waals surface area contributed by atoms with Gasteiger partial charge in [0, 0.05) is 25.0 Å². The molecule has 0 aromatic carbocycles. The van der Waals surface area contributed by atoms with Crippen LogP contribution in [0.1, 0.15) is 11.3 Å². The molecule has 2 fully saturated rings. The first-order chi connectivity index (χ1) is 13.1. The summed E-state index contributed by atoms with van der Waals surface area (Å²) in [5.74, 6) is -0.361. The molecule has 0 saturated carbocycles. The molecule has 2 aromatic heterocycles. The van der Waals surface area contributed by atoms with Gasteiger partial charge >= 0.3 is 0 Å². The molecule has 2 bridgehead atoms. The Morgan fingerprint density at radius 1 is 1.41 bits per heavy atom. The van der Waals surface area contributed by atoms with Crippen LogP contribution in [0.25, 0.3) is 0 Å². The van der Waals surface area contributed by atoms with Gasteiger partial charge in [0.1, 0.15) is 11.4 Å². The Morgan fingerprint density at radius 3 is 2.96 bits per heavy atom. The lowest BCUT2D eigenvalue weighted by Gasteiger charge is -2.23. The van der Waals surface area contributed by atoms with Gasteiger partial charge in [0.15, 0.2) is 5.82 Å². The Kier molecular flexibility index (Phi) is 3.45. The maximum absolute atomic E-state index is 13.1. The van der Waals surface area contributed by atoms with Crippen LogP contribution in [0.5, 0.6) is 0 Å². The predicted molar refractivity (Wildman–Crippen MR) is 93.4 cm³/mol. The molecule has 1 N–H and O–H groups in total. The number of hydrogen-bond donors (Lipinski definition) is 1. The van der Waals surface area contributed by atoms with Gasteiger partial charge in [-0.05, 0) is 24.6 Å². The van der Waals surface area contributed by atoms with Gasteiger partial charge in [-0.15, -0.1) is 0 Å². The van der Waals surface area contributed by atoms with Gasteiger partial charge in [0.25, 0.3) is 0 Å². The van der Waals surface area contributed by atoms with Crippen molar-refractivity contribution in [2.75, 3.05) is 11.4 Å². The molecule has 3 aliphatic heterocycles. The fourth-order valence-electron chi connectivity index (χ4n) is 4.28. The van der Waals surface area contributed by atoms with E-state index in [1.165, 1.54) is 0 Å². The van der Waals surface area contributed by atoms with Crippen molar-refractivity contribution in [3.05, 3.63) is 54.1 Å². The zero-order chi connectivity index (χ0) is 18.6. The number of anilines is 1. The second-order valence-corrected chi connectivity index (χ2v) is 7.19. The standard InChI is InChI=1S/C19H18N4O4/c1-11-8-14(22-27-11)23-10-19-5-2-13(26-19)15(16(19)18(23)25)17(24)21-9-12-3-6-20-7-4-12/h2-8,13,15-16H,9-10H2,1H3,(H,21,24)/t13-,15?,16?,19?/m1/s1. The van der Waals surface area contributed by atoms with Gasteiger partial charge in [0.05, 0.1) is 24.5 Å². The zero-order valence-corrected chi connectivity index (χ0v) is 14.7. The van der Waals surface area contributed by atoms with E-state index in [4.69, 9.17) is 9.26 Å². The van der Waals surface area contributed by atoms with E-state index in [2.05, 4.69) is 15.5 Å². The van der Waals surface area contributed by atoms with E-state index in [9.17, 15) is 9.59 Å². The van der Waals surface area contributed by atoms with Crippen LogP contribution >= 0.6 is 0 Å². The van der Waals surface area contributed by atoms with Crippen molar-refractivity contribution in [3.8, 4) is 0 Å². The van der Waals surface area contributed by atoms with Crippen molar-refractivity contribution >= 4 is 17.6 Å².